The number of hydrogen-bond donors (Lipinski definition) is 1. The number of fused-ring (bicyclic) bond motifs is 1. The van der Waals surface area contributed by atoms with Crippen LogP contribution < -0.4 is 0 Å². The number of nitrogens with zero attached hydrogens (tertiary/aromatic N) is 3. The van der Waals surface area contributed by atoms with E-state index in [-0.39, 0.29) is 11.2 Å². The van der Waals surface area contributed by atoms with Crippen LogP contribution in [0.15, 0.2) is 23.5 Å². The maximum Gasteiger partial charge on any atom is 0.236 e. The third-order valence-corrected chi connectivity index (χ3v) is 4.79. The predicted molar refractivity (Wildman–Crippen MR) is 79.6 cm³/mol. The van der Waals surface area contributed by atoms with E-state index in [0.717, 1.165) is 43.0 Å². The number of thioether (sulfide) groups is 1. The molecule has 0 unspecified atom stereocenters. The van der Waals surface area contributed by atoms with Gasteiger partial charge in [-0.2, -0.15) is 0 Å². The second-order valence-electron chi connectivity index (χ2n) is 4.96. The fraction of sp³-hybridized carbons (Fsp3) is 0.500. The van der Waals surface area contributed by atoms with Crippen LogP contribution in [0.4, 0.5) is 0 Å². The second-order valence-corrected chi connectivity index (χ2v) is 6.16. The third kappa shape index (κ3) is 2.65. The van der Waals surface area contributed by atoms with Crippen LogP contribution in [-0.4, -0.2) is 44.1 Å². The molecule has 1 aliphatic heterocycles. The van der Waals surface area contributed by atoms with Gasteiger partial charge < -0.3 is 9.88 Å². The van der Waals surface area contributed by atoms with E-state index in [1.54, 1.807) is 6.20 Å². The molecule has 1 amide bonds. The molecule has 0 aromatic carbocycles. The van der Waals surface area contributed by atoms with Crippen molar-refractivity contribution in [3.05, 3.63) is 18.3 Å². The summed E-state index contributed by atoms with van der Waals surface area (Å²) >= 11 is 1.51. The summed E-state index contributed by atoms with van der Waals surface area (Å²) in [6.07, 6.45) is 4.79. The van der Waals surface area contributed by atoms with E-state index in [0.29, 0.717) is 5.65 Å². The molecule has 0 radical (unpaired) electrons. The minimum Gasteiger partial charge on any atom is -0.342 e. The maximum atomic E-state index is 12.4. The molecule has 2 aromatic heterocycles. The van der Waals surface area contributed by atoms with Gasteiger partial charge in [0.15, 0.2) is 10.8 Å². The summed E-state index contributed by atoms with van der Waals surface area (Å²) in [6.45, 7) is 3.85. The number of imidazole rings is 1. The highest BCUT2D eigenvalue weighted by Crippen LogP contribution is 2.27. The minimum absolute atomic E-state index is 0.0614. The lowest BCUT2D eigenvalue weighted by molar-refractivity contribution is -0.129. The molecular formula is C14H18N4OS. The number of rotatable bonds is 4. The standard InChI is InChI=1S/C14H18N4OS/c1-2-11(13(19)18-8-3-4-9-18)20-14-16-10-6-5-7-15-12(10)17-14/h5-7,11H,2-4,8-9H2,1H3,(H,15,16,17)/t11-/m0/s1. The number of aromatic nitrogens is 3. The SMILES string of the molecule is CC[C@H](Sc1nc2ncccc2[nH]1)C(=O)N1CCCC1. The van der Waals surface area contributed by atoms with Crippen LogP contribution in [0.25, 0.3) is 11.2 Å². The van der Waals surface area contributed by atoms with Crippen molar-refractivity contribution >= 4 is 28.8 Å². The Morgan fingerprint density at radius 3 is 3.00 bits per heavy atom. The Bertz CT molecular complexity index is 573. The van der Waals surface area contributed by atoms with Gasteiger partial charge in [0.2, 0.25) is 5.91 Å². The molecule has 0 bridgehead atoms. The summed E-state index contributed by atoms with van der Waals surface area (Å²) < 4.78 is 0. The number of likely N-dealkylation sites (tertiary alicyclic amines) is 1. The Labute approximate surface area is 122 Å². The van der Waals surface area contributed by atoms with Gasteiger partial charge in [0.1, 0.15) is 0 Å². The number of pyridine rings is 1. The number of hydrogen-bond acceptors (Lipinski definition) is 4. The lowest BCUT2D eigenvalue weighted by atomic mass is 10.3. The number of carbonyl (C=O) groups is 1. The average molecular weight is 290 g/mol. The topological polar surface area (TPSA) is 61.9 Å². The van der Waals surface area contributed by atoms with Crippen molar-refractivity contribution in [2.45, 2.75) is 36.6 Å². The summed E-state index contributed by atoms with van der Waals surface area (Å²) in [7, 11) is 0. The number of amides is 1. The molecule has 3 heterocycles. The highest BCUT2D eigenvalue weighted by Gasteiger charge is 2.26. The van der Waals surface area contributed by atoms with Gasteiger partial charge in [0.25, 0.3) is 0 Å². The maximum absolute atomic E-state index is 12.4. The van der Waals surface area contributed by atoms with Crippen molar-refractivity contribution in [3.63, 3.8) is 0 Å². The highest BCUT2D eigenvalue weighted by atomic mass is 32.2. The minimum atomic E-state index is -0.0614. The van der Waals surface area contributed by atoms with E-state index >= 15 is 0 Å². The summed E-state index contributed by atoms with van der Waals surface area (Å²) in [5, 5.41) is 0.715. The van der Waals surface area contributed by atoms with E-state index in [1.165, 1.54) is 11.8 Å². The Hall–Kier alpha value is -1.56. The molecule has 5 nitrogen and oxygen atoms in total. The molecule has 6 heteroatoms. The summed E-state index contributed by atoms with van der Waals surface area (Å²) in [5.41, 5.74) is 1.62. The third-order valence-electron chi connectivity index (χ3n) is 3.55. The van der Waals surface area contributed by atoms with Gasteiger partial charge in [-0.3, -0.25) is 4.79 Å². The zero-order valence-corrected chi connectivity index (χ0v) is 12.3. The fourth-order valence-electron chi connectivity index (χ4n) is 2.46. The summed E-state index contributed by atoms with van der Waals surface area (Å²) in [6, 6.07) is 3.82. The molecule has 1 fully saturated rings. The van der Waals surface area contributed by atoms with E-state index in [9.17, 15) is 4.79 Å². The van der Waals surface area contributed by atoms with Crippen LogP contribution in [0.2, 0.25) is 0 Å². The Balaban J connectivity index is 1.75. The molecule has 0 saturated carbocycles. The smallest absolute Gasteiger partial charge is 0.236 e. The van der Waals surface area contributed by atoms with Crippen LogP contribution in [0.3, 0.4) is 0 Å². The zero-order chi connectivity index (χ0) is 13.9. The van der Waals surface area contributed by atoms with Crippen molar-refractivity contribution in [2.75, 3.05) is 13.1 Å². The Kier molecular flexibility index (Phi) is 3.91. The Morgan fingerprint density at radius 1 is 1.50 bits per heavy atom. The van der Waals surface area contributed by atoms with Crippen molar-refractivity contribution in [1.29, 1.82) is 0 Å². The van der Waals surface area contributed by atoms with Gasteiger partial charge in [-0.15, -0.1) is 0 Å². The van der Waals surface area contributed by atoms with E-state index < -0.39 is 0 Å². The van der Waals surface area contributed by atoms with Crippen LogP contribution in [0.1, 0.15) is 26.2 Å². The average Bonchev–Trinajstić information content (AvgIpc) is 3.12. The predicted octanol–water partition coefficient (Wildman–Crippen LogP) is 2.45. The lowest BCUT2D eigenvalue weighted by Crippen LogP contribution is -2.35. The first-order chi connectivity index (χ1) is 9.78. The number of aromatic amines is 1. The van der Waals surface area contributed by atoms with Crippen LogP contribution in [-0.2, 0) is 4.79 Å². The first-order valence-corrected chi connectivity index (χ1v) is 7.92. The first kappa shape index (κ1) is 13.4. The summed E-state index contributed by atoms with van der Waals surface area (Å²) in [4.78, 5) is 26.3. The van der Waals surface area contributed by atoms with Crippen molar-refractivity contribution < 1.29 is 4.79 Å². The molecule has 1 N–H and O–H groups in total. The highest BCUT2D eigenvalue weighted by molar-refractivity contribution is 8.00. The Morgan fingerprint density at radius 2 is 2.30 bits per heavy atom. The monoisotopic (exact) mass is 290 g/mol. The van der Waals surface area contributed by atoms with E-state index in [4.69, 9.17) is 0 Å². The number of H-pyrrole nitrogens is 1. The molecule has 0 aliphatic carbocycles. The molecule has 106 valence electrons. The van der Waals surface area contributed by atoms with Crippen molar-refractivity contribution in [1.82, 2.24) is 19.9 Å². The quantitative estimate of drug-likeness (QED) is 0.879. The second kappa shape index (κ2) is 5.83. The van der Waals surface area contributed by atoms with Gasteiger partial charge >= 0.3 is 0 Å². The van der Waals surface area contributed by atoms with Gasteiger partial charge in [-0.25, -0.2) is 9.97 Å². The van der Waals surface area contributed by atoms with Crippen LogP contribution in [0.5, 0.6) is 0 Å². The normalized spacial score (nSPS) is 16.8. The molecule has 1 aliphatic rings. The number of carbonyl (C=O) groups excluding carboxylic acids is 1. The van der Waals surface area contributed by atoms with Gasteiger partial charge in [-0.1, -0.05) is 18.7 Å². The molecule has 1 saturated heterocycles. The molecule has 1 atom stereocenters. The van der Waals surface area contributed by atoms with Crippen molar-refractivity contribution in [3.8, 4) is 0 Å². The molecule has 2 aromatic rings. The molecule has 20 heavy (non-hydrogen) atoms. The van der Waals surface area contributed by atoms with Crippen molar-refractivity contribution in [2.24, 2.45) is 0 Å². The zero-order valence-electron chi connectivity index (χ0n) is 11.5. The van der Waals surface area contributed by atoms with Crippen LogP contribution >= 0.6 is 11.8 Å². The van der Waals surface area contributed by atoms with Crippen LogP contribution in [0, 0.1) is 0 Å². The van der Waals surface area contributed by atoms with Gasteiger partial charge in [-0.05, 0) is 31.4 Å². The molecule has 3 rings (SSSR count). The lowest BCUT2D eigenvalue weighted by Gasteiger charge is -2.20. The molecular weight excluding hydrogens is 272 g/mol. The fourth-order valence-corrected chi connectivity index (χ4v) is 3.46. The molecule has 0 spiro atoms. The summed E-state index contributed by atoms with van der Waals surface area (Å²) in [5.74, 6) is 0.239. The number of nitrogens with one attached hydrogen (secondary N) is 1. The first-order valence-electron chi connectivity index (χ1n) is 7.04. The van der Waals surface area contributed by atoms with Gasteiger partial charge in [0.05, 0.1) is 10.8 Å². The largest absolute Gasteiger partial charge is 0.342 e. The van der Waals surface area contributed by atoms with E-state index in [1.807, 2.05) is 24.0 Å². The van der Waals surface area contributed by atoms with Gasteiger partial charge in [0, 0.05) is 19.3 Å². The van der Waals surface area contributed by atoms with E-state index in [2.05, 4.69) is 15.0 Å².